The second-order valence-electron chi connectivity index (χ2n) is 5.23. The van der Waals surface area contributed by atoms with E-state index in [0.717, 1.165) is 6.07 Å². The number of rotatable bonds is 6. The number of nitro benzene ring substituents is 1. The van der Waals surface area contributed by atoms with Crippen molar-refractivity contribution in [1.29, 1.82) is 0 Å². The van der Waals surface area contributed by atoms with Crippen molar-refractivity contribution in [3.05, 3.63) is 69.8 Å². The van der Waals surface area contributed by atoms with Gasteiger partial charge in [0.2, 0.25) is 0 Å². The SMILES string of the molecule is COc1cc(/C=C/C(=O)NNC(=O)c2cccc([N+](=O)[O-])c2)cc(OC)c1. The van der Waals surface area contributed by atoms with Crippen molar-refractivity contribution in [3.63, 3.8) is 0 Å². The number of nitro groups is 1. The first-order chi connectivity index (χ1) is 12.9. The highest BCUT2D eigenvalue weighted by Crippen LogP contribution is 2.23. The molecule has 0 aliphatic carbocycles. The van der Waals surface area contributed by atoms with Crippen LogP contribution in [0.2, 0.25) is 0 Å². The number of benzene rings is 2. The van der Waals surface area contributed by atoms with Crippen molar-refractivity contribution in [3.8, 4) is 11.5 Å². The second kappa shape index (κ2) is 8.99. The first-order valence-corrected chi connectivity index (χ1v) is 7.69. The fraction of sp³-hybridized carbons (Fsp3) is 0.111. The van der Waals surface area contributed by atoms with E-state index in [1.54, 1.807) is 18.2 Å². The highest BCUT2D eigenvalue weighted by atomic mass is 16.6. The van der Waals surface area contributed by atoms with Gasteiger partial charge in [0.15, 0.2) is 0 Å². The summed E-state index contributed by atoms with van der Waals surface area (Å²) >= 11 is 0. The first-order valence-electron chi connectivity index (χ1n) is 7.69. The van der Waals surface area contributed by atoms with Gasteiger partial charge in [0.25, 0.3) is 17.5 Å². The Balaban J connectivity index is 1.98. The third kappa shape index (κ3) is 5.56. The molecule has 0 aliphatic rings. The first kappa shape index (κ1) is 19.4. The number of methoxy groups -OCH3 is 2. The van der Waals surface area contributed by atoms with Crippen LogP contribution in [0.4, 0.5) is 5.69 Å². The largest absolute Gasteiger partial charge is 0.497 e. The van der Waals surface area contributed by atoms with Gasteiger partial charge in [0.05, 0.1) is 19.1 Å². The topological polar surface area (TPSA) is 120 Å². The molecule has 0 saturated carbocycles. The molecule has 2 aromatic rings. The zero-order valence-corrected chi connectivity index (χ0v) is 14.6. The van der Waals surface area contributed by atoms with E-state index in [2.05, 4.69) is 10.9 Å². The average Bonchev–Trinajstić information content (AvgIpc) is 2.70. The third-order valence-electron chi connectivity index (χ3n) is 3.42. The predicted octanol–water partition coefficient (Wildman–Crippen LogP) is 2.09. The highest BCUT2D eigenvalue weighted by Gasteiger charge is 2.11. The normalized spacial score (nSPS) is 10.3. The van der Waals surface area contributed by atoms with Crippen molar-refractivity contribution >= 4 is 23.6 Å². The molecule has 0 bridgehead atoms. The van der Waals surface area contributed by atoms with E-state index in [0.29, 0.717) is 17.1 Å². The summed E-state index contributed by atoms with van der Waals surface area (Å²) in [6, 6.07) is 10.2. The molecule has 0 unspecified atom stereocenters. The van der Waals surface area contributed by atoms with E-state index >= 15 is 0 Å². The molecule has 2 aromatic carbocycles. The number of nitrogens with zero attached hydrogens (tertiary/aromatic N) is 1. The van der Waals surface area contributed by atoms with Crippen LogP contribution in [0, 0.1) is 10.1 Å². The Kier molecular flexibility index (Phi) is 6.48. The zero-order valence-electron chi connectivity index (χ0n) is 14.6. The van der Waals surface area contributed by atoms with Gasteiger partial charge in [0, 0.05) is 29.8 Å². The number of hydrazine groups is 1. The van der Waals surface area contributed by atoms with Crippen LogP contribution in [0.15, 0.2) is 48.5 Å². The van der Waals surface area contributed by atoms with Gasteiger partial charge in [-0.1, -0.05) is 6.07 Å². The number of non-ortho nitro benzene ring substituents is 1. The lowest BCUT2D eigenvalue weighted by Gasteiger charge is -2.06. The summed E-state index contributed by atoms with van der Waals surface area (Å²) < 4.78 is 10.3. The van der Waals surface area contributed by atoms with E-state index in [4.69, 9.17) is 9.47 Å². The van der Waals surface area contributed by atoms with Gasteiger partial charge < -0.3 is 9.47 Å². The fourth-order valence-electron chi connectivity index (χ4n) is 2.09. The Morgan fingerprint density at radius 3 is 2.30 bits per heavy atom. The second-order valence-corrected chi connectivity index (χ2v) is 5.23. The zero-order chi connectivity index (χ0) is 19.8. The van der Waals surface area contributed by atoms with Gasteiger partial charge in [-0.25, -0.2) is 0 Å². The molecule has 0 aromatic heterocycles. The smallest absolute Gasteiger partial charge is 0.270 e. The minimum absolute atomic E-state index is 0.0472. The van der Waals surface area contributed by atoms with Crippen LogP contribution in [0.1, 0.15) is 15.9 Å². The van der Waals surface area contributed by atoms with Gasteiger partial charge in [-0.3, -0.25) is 30.6 Å². The lowest BCUT2D eigenvalue weighted by atomic mass is 10.2. The van der Waals surface area contributed by atoms with Crippen LogP contribution < -0.4 is 20.3 Å². The van der Waals surface area contributed by atoms with Crippen molar-refractivity contribution in [2.45, 2.75) is 0 Å². The Hall–Kier alpha value is -3.88. The quantitative estimate of drug-likeness (QED) is 0.456. The Bertz CT molecular complexity index is 872. The number of ether oxygens (including phenoxy) is 2. The maximum absolute atomic E-state index is 12.0. The summed E-state index contributed by atoms with van der Waals surface area (Å²) in [6.07, 6.45) is 2.72. The molecule has 0 aliphatic heterocycles. The van der Waals surface area contributed by atoms with Crippen LogP contribution in [0.25, 0.3) is 6.08 Å². The monoisotopic (exact) mass is 371 g/mol. The van der Waals surface area contributed by atoms with E-state index < -0.39 is 16.7 Å². The molecule has 0 atom stereocenters. The molecule has 2 amide bonds. The molecule has 27 heavy (non-hydrogen) atoms. The standard InChI is InChI=1S/C18H17N3O6/c1-26-15-8-12(9-16(11-15)27-2)6-7-17(22)19-20-18(23)13-4-3-5-14(10-13)21(24)25/h3-11H,1-2H3,(H,19,22)(H,20,23)/b7-6+. The average molecular weight is 371 g/mol. The van der Waals surface area contributed by atoms with E-state index in [9.17, 15) is 19.7 Å². The molecule has 9 heteroatoms. The Morgan fingerprint density at radius 1 is 1.04 bits per heavy atom. The molecule has 0 saturated heterocycles. The third-order valence-corrected chi connectivity index (χ3v) is 3.42. The minimum atomic E-state index is -0.677. The summed E-state index contributed by atoms with van der Waals surface area (Å²) in [5, 5.41) is 10.7. The number of nitrogens with one attached hydrogen (secondary N) is 2. The van der Waals surface area contributed by atoms with Gasteiger partial charge in [0.1, 0.15) is 11.5 Å². The molecule has 140 valence electrons. The van der Waals surface area contributed by atoms with Crippen LogP contribution in [-0.2, 0) is 4.79 Å². The summed E-state index contributed by atoms with van der Waals surface area (Å²) in [6.45, 7) is 0. The minimum Gasteiger partial charge on any atom is -0.497 e. The fourth-order valence-corrected chi connectivity index (χ4v) is 2.09. The molecule has 9 nitrogen and oxygen atoms in total. The highest BCUT2D eigenvalue weighted by molar-refractivity contribution is 5.98. The number of carbonyl (C=O) groups is 2. The lowest BCUT2D eigenvalue weighted by Crippen LogP contribution is -2.40. The molecule has 0 heterocycles. The van der Waals surface area contributed by atoms with E-state index in [-0.39, 0.29) is 11.3 Å². The number of amides is 2. The Morgan fingerprint density at radius 2 is 1.70 bits per heavy atom. The van der Waals surface area contributed by atoms with Crippen LogP contribution in [0.5, 0.6) is 11.5 Å². The molecule has 0 fully saturated rings. The van der Waals surface area contributed by atoms with Gasteiger partial charge in [-0.05, 0) is 29.8 Å². The van der Waals surface area contributed by atoms with E-state index in [1.165, 1.54) is 44.6 Å². The van der Waals surface area contributed by atoms with Crippen molar-refractivity contribution in [2.24, 2.45) is 0 Å². The van der Waals surface area contributed by atoms with Crippen LogP contribution in [0.3, 0.4) is 0 Å². The maximum Gasteiger partial charge on any atom is 0.270 e. The van der Waals surface area contributed by atoms with Gasteiger partial charge >= 0.3 is 0 Å². The van der Waals surface area contributed by atoms with E-state index in [1.807, 2.05) is 0 Å². The van der Waals surface area contributed by atoms with Gasteiger partial charge in [-0.2, -0.15) is 0 Å². The predicted molar refractivity (Wildman–Crippen MR) is 97.3 cm³/mol. The summed E-state index contributed by atoms with van der Waals surface area (Å²) in [4.78, 5) is 33.9. The van der Waals surface area contributed by atoms with Crippen molar-refractivity contribution in [1.82, 2.24) is 10.9 Å². The molecule has 2 rings (SSSR count). The lowest BCUT2D eigenvalue weighted by molar-refractivity contribution is -0.384. The number of hydrogen-bond donors (Lipinski definition) is 2. The van der Waals surface area contributed by atoms with Crippen molar-refractivity contribution in [2.75, 3.05) is 14.2 Å². The van der Waals surface area contributed by atoms with Crippen molar-refractivity contribution < 1.29 is 24.0 Å². The van der Waals surface area contributed by atoms with Crippen LogP contribution in [-0.4, -0.2) is 31.0 Å². The Labute approximate surface area is 154 Å². The molecule has 0 radical (unpaired) electrons. The molecular formula is C18H17N3O6. The summed E-state index contributed by atoms with van der Waals surface area (Å²) in [7, 11) is 3.02. The molecule has 2 N–H and O–H groups in total. The van der Waals surface area contributed by atoms with Crippen LogP contribution >= 0.6 is 0 Å². The maximum atomic E-state index is 12.0. The number of carbonyl (C=O) groups excluding carboxylic acids is 2. The van der Waals surface area contributed by atoms with Gasteiger partial charge in [-0.15, -0.1) is 0 Å². The summed E-state index contributed by atoms with van der Waals surface area (Å²) in [5.74, 6) is -0.138. The molecular weight excluding hydrogens is 354 g/mol. The summed E-state index contributed by atoms with van der Waals surface area (Å²) in [5.41, 5.74) is 4.87. The molecule has 0 spiro atoms. The number of hydrogen-bond acceptors (Lipinski definition) is 6.